The summed E-state index contributed by atoms with van der Waals surface area (Å²) >= 11 is 6.65. The maximum Gasteiger partial charge on any atom is 0.410 e. The van der Waals surface area contributed by atoms with E-state index >= 15 is 0 Å². The van der Waals surface area contributed by atoms with Crippen LogP contribution in [0, 0.1) is 0 Å². The second-order valence-corrected chi connectivity index (χ2v) is 12.1. The first-order chi connectivity index (χ1) is 18.5. The third-order valence-electron chi connectivity index (χ3n) is 7.18. The van der Waals surface area contributed by atoms with Crippen LogP contribution >= 0.6 is 11.6 Å². The van der Waals surface area contributed by atoms with Crippen LogP contribution in [0.3, 0.4) is 0 Å². The molecule has 1 aromatic carbocycles. The van der Waals surface area contributed by atoms with E-state index in [1.54, 1.807) is 16.8 Å². The first-order valence-electron chi connectivity index (χ1n) is 13.7. The van der Waals surface area contributed by atoms with Gasteiger partial charge in [0.2, 0.25) is 0 Å². The van der Waals surface area contributed by atoms with Gasteiger partial charge in [-0.15, -0.1) is 11.6 Å². The van der Waals surface area contributed by atoms with Crippen molar-refractivity contribution in [2.75, 3.05) is 58.4 Å². The Morgan fingerprint density at radius 2 is 1.92 bits per heavy atom. The topological polar surface area (TPSA) is 91.9 Å². The predicted octanol–water partition coefficient (Wildman–Crippen LogP) is 4.00. The summed E-state index contributed by atoms with van der Waals surface area (Å²) in [5, 5.41) is -0.108. The fourth-order valence-electron chi connectivity index (χ4n) is 5.02. The Morgan fingerprint density at radius 1 is 1.18 bits per heavy atom. The Labute approximate surface area is 236 Å². The Bertz CT molecular complexity index is 1060. The van der Waals surface area contributed by atoms with Crippen LogP contribution in [0.25, 0.3) is 0 Å². The molecule has 0 radical (unpaired) electrons. The molecule has 2 heterocycles. The minimum atomic E-state index is -0.711. The zero-order valence-electron chi connectivity index (χ0n) is 23.7. The van der Waals surface area contributed by atoms with Crippen LogP contribution in [0.4, 0.5) is 15.3 Å². The van der Waals surface area contributed by atoms with Crippen molar-refractivity contribution in [3.05, 3.63) is 29.3 Å². The van der Waals surface area contributed by atoms with Crippen LogP contribution < -0.4 is 4.90 Å². The van der Waals surface area contributed by atoms with Gasteiger partial charge in [-0.3, -0.25) is 4.79 Å². The molecule has 1 aromatic rings. The number of carbonyl (C=O) groups excluding carboxylic acids is 3. The van der Waals surface area contributed by atoms with Gasteiger partial charge in [0.05, 0.1) is 25.6 Å². The third kappa shape index (κ3) is 7.48. The average Bonchev–Trinajstić information content (AvgIpc) is 3.69. The number of fused-ring (bicyclic) bond motifs is 1. The zero-order chi connectivity index (χ0) is 28.3. The molecule has 1 aliphatic carbocycles. The normalized spacial score (nSPS) is 20.9. The van der Waals surface area contributed by atoms with Gasteiger partial charge >= 0.3 is 12.2 Å². The molecule has 10 nitrogen and oxygen atoms in total. The number of hydrogen-bond donors (Lipinski definition) is 0. The molecule has 0 aromatic heterocycles. The number of ether oxygens (including phenoxy) is 3. The first-order valence-corrected chi connectivity index (χ1v) is 14.1. The van der Waals surface area contributed by atoms with Crippen molar-refractivity contribution in [2.45, 2.75) is 69.7 Å². The van der Waals surface area contributed by atoms with E-state index in [0.29, 0.717) is 32.8 Å². The number of nitrogens with zero attached hydrogens (tertiary/aromatic N) is 4. The lowest BCUT2D eigenvalue weighted by atomic mass is 10.1. The summed E-state index contributed by atoms with van der Waals surface area (Å²) in [5.74, 6) is -0.0934. The molecule has 1 saturated carbocycles. The summed E-state index contributed by atoms with van der Waals surface area (Å²) < 4.78 is 16.1. The Kier molecular flexibility index (Phi) is 9.16. The molecule has 3 amide bonds. The molecule has 0 spiro atoms. The smallest absolute Gasteiger partial charge is 0.410 e. The number of benzene rings is 1. The molecular formula is C28H41ClN4O6. The van der Waals surface area contributed by atoms with Crippen molar-refractivity contribution in [3.8, 4) is 0 Å². The molecule has 216 valence electrons. The maximum atomic E-state index is 13.6. The molecule has 3 aliphatic rings. The number of methoxy groups -OCH3 is 1. The van der Waals surface area contributed by atoms with Gasteiger partial charge in [0.15, 0.2) is 6.10 Å². The molecule has 2 atom stereocenters. The summed E-state index contributed by atoms with van der Waals surface area (Å²) in [4.78, 5) is 45.2. The van der Waals surface area contributed by atoms with Gasteiger partial charge in [0.25, 0.3) is 5.91 Å². The van der Waals surface area contributed by atoms with Crippen LogP contribution in [0.1, 0.15) is 56.5 Å². The van der Waals surface area contributed by atoms with Gasteiger partial charge < -0.3 is 33.8 Å². The summed E-state index contributed by atoms with van der Waals surface area (Å²) in [7, 11) is 3.10. The highest BCUT2D eigenvalue weighted by Gasteiger charge is 2.40. The lowest BCUT2D eigenvalue weighted by molar-refractivity contribution is -0.150. The molecule has 4 rings (SSSR count). The van der Waals surface area contributed by atoms with Gasteiger partial charge in [-0.25, -0.2) is 9.59 Å². The van der Waals surface area contributed by atoms with Crippen molar-refractivity contribution >= 4 is 35.4 Å². The van der Waals surface area contributed by atoms with Gasteiger partial charge in [-0.1, -0.05) is 12.1 Å². The van der Waals surface area contributed by atoms with E-state index < -0.39 is 17.8 Å². The largest absolute Gasteiger partial charge is 0.453 e. The number of anilines is 1. The van der Waals surface area contributed by atoms with Gasteiger partial charge in [-0.2, -0.15) is 0 Å². The molecule has 1 saturated heterocycles. The fraction of sp³-hybridized carbons (Fsp3) is 0.679. The Hall–Kier alpha value is -2.72. The maximum absolute atomic E-state index is 13.6. The molecule has 39 heavy (non-hydrogen) atoms. The predicted molar refractivity (Wildman–Crippen MR) is 148 cm³/mol. The van der Waals surface area contributed by atoms with E-state index in [1.807, 2.05) is 31.7 Å². The molecule has 0 bridgehead atoms. The highest BCUT2D eigenvalue weighted by atomic mass is 35.5. The molecule has 11 heteroatoms. The van der Waals surface area contributed by atoms with Gasteiger partial charge in [0, 0.05) is 51.5 Å². The number of hydrogen-bond acceptors (Lipinski definition) is 7. The lowest BCUT2D eigenvalue weighted by Gasteiger charge is -2.36. The third-order valence-corrected chi connectivity index (χ3v) is 7.55. The number of halogens is 1. The number of carbonyl (C=O) groups is 3. The minimum Gasteiger partial charge on any atom is -0.453 e. The van der Waals surface area contributed by atoms with Gasteiger partial charge in [-0.05, 0) is 57.2 Å². The number of rotatable bonds is 8. The Balaban J connectivity index is 1.41. The Morgan fingerprint density at radius 3 is 2.59 bits per heavy atom. The van der Waals surface area contributed by atoms with Crippen molar-refractivity contribution in [1.29, 1.82) is 0 Å². The van der Waals surface area contributed by atoms with Crippen LogP contribution in [0.15, 0.2) is 18.2 Å². The average molecular weight is 565 g/mol. The molecule has 0 N–H and O–H groups in total. The van der Waals surface area contributed by atoms with Crippen LogP contribution in [-0.4, -0.2) is 104 Å². The van der Waals surface area contributed by atoms with E-state index in [1.165, 1.54) is 7.11 Å². The molecular weight excluding hydrogens is 524 g/mol. The monoisotopic (exact) mass is 564 g/mol. The number of morpholine rings is 1. The lowest BCUT2D eigenvalue weighted by Crippen LogP contribution is -2.53. The van der Waals surface area contributed by atoms with Crippen LogP contribution in [0.5, 0.6) is 0 Å². The van der Waals surface area contributed by atoms with Crippen molar-refractivity contribution in [3.63, 3.8) is 0 Å². The van der Waals surface area contributed by atoms with E-state index in [4.69, 9.17) is 25.8 Å². The summed E-state index contributed by atoms with van der Waals surface area (Å²) in [6.07, 6.45) is 1.21. The van der Waals surface area contributed by atoms with Gasteiger partial charge in [0.1, 0.15) is 5.60 Å². The van der Waals surface area contributed by atoms with E-state index in [0.717, 1.165) is 42.6 Å². The van der Waals surface area contributed by atoms with Crippen molar-refractivity contribution in [1.82, 2.24) is 14.7 Å². The van der Waals surface area contributed by atoms with Crippen molar-refractivity contribution < 1.29 is 28.6 Å². The molecule has 2 unspecified atom stereocenters. The second kappa shape index (κ2) is 12.2. The molecule has 2 aliphatic heterocycles. The quantitative estimate of drug-likeness (QED) is 0.441. The van der Waals surface area contributed by atoms with E-state index in [-0.39, 0.29) is 30.0 Å². The van der Waals surface area contributed by atoms with E-state index in [9.17, 15) is 14.4 Å². The molecule has 2 fully saturated rings. The number of alkyl halides is 1. The highest BCUT2D eigenvalue weighted by Crippen LogP contribution is 2.40. The summed E-state index contributed by atoms with van der Waals surface area (Å²) in [6, 6.07) is 6.40. The second-order valence-electron chi connectivity index (χ2n) is 11.5. The standard InChI is InChI=1S/C28H41ClN4O6/c1-28(2,3)39-27(36)32-13-14-38-24(18-32)25(34)33(20-8-9-20)16-19-7-10-21-22(29)17-31(23(21)15-19)12-6-11-30(4)26(35)37-5/h7,10,15,20,22,24H,6,8-9,11-14,16-18H2,1-5H3. The fourth-order valence-corrected chi connectivity index (χ4v) is 5.37. The summed E-state index contributed by atoms with van der Waals surface area (Å²) in [6.45, 7) is 8.86. The first kappa shape index (κ1) is 29.3. The van der Waals surface area contributed by atoms with Crippen molar-refractivity contribution in [2.24, 2.45) is 0 Å². The summed E-state index contributed by atoms with van der Waals surface area (Å²) in [5.41, 5.74) is 2.57. The van der Waals surface area contributed by atoms with E-state index in [2.05, 4.69) is 17.0 Å². The van der Waals surface area contributed by atoms with Crippen LogP contribution in [-0.2, 0) is 25.5 Å². The zero-order valence-corrected chi connectivity index (χ0v) is 24.4. The minimum absolute atomic E-state index is 0.0934. The van der Waals surface area contributed by atoms with Crippen LogP contribution in [0.2, 0.25) is 0 Å². The highest BCUT2D eigenvalue weighted by molar-refractivity contribution is 6.22. The SMILES string of the molecule is COC(=O)N(C)CCCN1CC(Cl)c2ccc(CN(C(=O)C3CN(C(=O)OC(C)(C)C)CCO3)C3CC3)cc21. The number of amides is 3.